The van der Waals surface area contributed by atoms with E-state index in [-0.39, 0.29) is 16.7 Å². The maximum absolute atomic E-state index is 14.6. The first-order valence-electron chi connectivity index (χ1n) is 7.37. The molecule has 2 N–H and O–H groups in total. The Kier molecular flexibility index (Phi) is 4.59. The lowest BCUT2D eigenvalue weighted by Gasteiger charge is -2.14. The van der Waals surface area contributed by atoms with Gasteiger partial charge in [0.15, 0.2) is 23.1 Å². The van der Waals surface area contributed by atoms with Crippen LogP contribution in [0.3, 0.4) is 0 Å². The monoisotopic (exact) mass is 374 g/mol. The summed E-state index contributed by atoms with van der Waals surface area (Å²) in [5, 5.41) is 18.3. The van der Waals surface area contributed by atoms with E-state index < -0.39 is 46.3 Å². The summed E-state index contributed by atoms with van der Waals surface area (Å²) in [6.07, 6.45) is 2.25. The van der Waals surface area contributed by atoms with Crippen LogP contribution in [0.2, 0.25) is 0 Å². The van der Waals surface area contributed by atoms with Gasteiger partial charge in [0, 0.05) is 23.5 Å². The van der Waals surface area contributed by atoms with Crippen molar-refractivity contribution in [1.82, 2.24) is 9.97 Å². The molecule has 2 aromatic heterocycles. The number of halogens is 3. The molecule has 0 aliphatic heterocycles. The number of nitrogens with zero attached hydrogens (tertiary/aromatic N) is 2. The van der Waals surface area contributed by atoms with Gasteiger partial charge in [-0.15, -0.1) is 0 Å². The second kappa shape index (κ2) is 6.87. The summed E-state index contributed by atoms with van der Waals surface area (Å²) in [6.45, 7) is 0. The molecule has 0 aliphatic carbocycles. The summed E-state index contributed by atoms with van der Waals surface area (Å²) in [7, 11) is 0. The molecule has 0 saturated carbocycles. The predicted octanol–water partition coefficient (Wildman–Crippen LogP) is 3.62. The highest BCUT2D eigenvalue weighted by molar-refractivity contribution is 5.97. The number of aromatic carboxylic acids is 2. The Bertz CT molecular complexity index is 1090. The molecule has 0 bridgehead atoms. The van der Waals surface area contributed by atoms with E-state index in [1.165, 1.54) is 18.2 Å². The van der Waals surface area contributed by atoms with Crippen LogP contribution in [-0.4, -0.2) is 32.1 Å². The van der Waals surface area contributed by atoms with Gasteiger partial charge in [0.25, 0.3) is 0 Å². The summed E-state index contributed by atoms with van der Waals surface area (Å²) in [6, 6.07) is 5.46. The first kappa shape index (κ1) is 18.1. The molecule has 3 aromatic rings. The first-order valence-corrected chi connectivity index (χ1v) is 7.37. The van der Waals surface area contributed by atoms with Crippen molar-refractivity contribution in [2.24, 2.45) is 0 Å². The summed E-state index contributed by atoms with van der Waals surface area (Å²) < 4.78 is 42.4. The van der Waals surface area contributed by atoms with Crippen LogP contribution in [0.5, 0.6) is 0 Å². The Labute approximate surface area is 149 Å². The molecule has 27 heavy (non-hydrogen) atoms. The van der Waals surface area contributed by atoms with Crippen molar-refractivity contribution in [1.29, 1.82) is 0 Å². The predicted molar refractivity (Wildman–Crippen MR) is 86.7 cm³/mol. The lowest BCUT2D eigenvalue weighted by atomic mass is 9.92. The molecule has 0 unspecified atom stereocenters. The third-order valence-electron chi connectivity index (χ3n) is 3.73. The van der Waals surface area contributed by atoms with E-state index in [0.717, 1.165) is 18.5 Å². The third-order valence-corrected chi connectivity index (χ3v) is 3.73. The number of pyridine rings is 2. The van der Waals surface area contributed by atoms with Crippen LogP contribution in [0.1, 0.15) is 21.0 Å². The third kappa shape index (κ3) is 3.22. The topological polar surface area (TPSA) is 100 Å². The van der Waals surface area contributed by atoms with Gasteiger partial charge in [-0.3, -0.25) is 0 Å². The summed E-state index contributed by atoms with van der Waals surface area (Å²) >= 11 is 0. The molecule has 0 atom stereocenters. The first-order chi connectivity index (χ1) is 12.8. The van der Waals surface area contributed by atoms with Crippen LogP contribution in [-0.2, 0) is 0 Å². The van der Waals surface area contributed by atoms with Crippen LogP contribution < -0.4 is 0 Å². The number of carboxylic acid groups (broad SMARTS) is 2. The molecule has 6 nitrogen and oxygen atoms in total. The van der Waals surface area contributed by atoms with Crippen molar-refractivity contribution in [3.8, 4) is 22.3 Å². The lowest BCUT2D eigenvalue weighted by Crippen LogP contribution is -2.06. The molecular weight excluding hydrogens is 365 g/mol. The highest BCUT2D eigenvalue weighted by Gasteiger charge is 2.25. The molecule has 0 radical (unpaired) electrons. The molecule has 0 spiro atoms. The number of benzene rings is 1. The minimum Gasteiger partial charge on any atom is -0.477 e. The Morgan fingerprint density at radius 1 is 0.852 bits per heavy atom. The molecule has 3 rings (SSSR count). The lowest BCUT2D eigenvalue weighted by molar-refractivity contribution is 0.0680. The zero-order valence-corrected chi connectivity index (χ0v) is 13.3. The molecule has 0 fully saturated rings. The van der Waals surface area contributed by atoms with Gasteiger partial charge >= 0.3 is 11.9 Å². The zero-order chi connectivity index (χ0) is 19.7. The van der Waals surface area contributed by atoms with E-state index in [1.807, 2.05) is 0 Å². The molecule has 9 heteroatoms. The summed E-state index contributed by atoms with van der Waals surface area (Å²) in [5.41, 5.74) is -2.06. The Hall–Kier alpha value is -3.75. The average Bonchev–Trinajstić information content (AvgIpc) is 2.66. The second-order valence-electron chi connectivity index (χ2n) is 5.35. The molecular formula is C18H9F3N2O4. The number of carboxylic acids is 2. The fourth-order valence-electron chi connectivity index (χ4n) is 2.58. The van der Waals surface area contributed by atoms with Crippen molar-refractivity contribution in [3.63, 3.8) is 0 Å². The maximum Gasteiger partial charge on any atom is 0.355 e. The van der Waals surface area contributed by atoms with Gasteiger partial charge in [0.05, 0.1) is 0 Å². The largest absolute Gasteiger partial charge is 0.477 e. The molecule has 0 aliphatic rings. The molecule has 0 amide bonds. The number of rotatable bonds is 4. The van der Waals surface area contributed by atoms with Crippen molar-refractivity contribution in [3.05, 3.63) is 71.6 Å². The zero-order valence-electron chi connectivity index (χ0n) is 13.3. The smallest absolute Gasteiger partial charge is 0.355 e. The Morgan fingerprint density at radius 3 is 2.26 bits per heavy atom. The van der Waals surface area contributed by atoms with E-state index in [0.29, 0.717) is 6.07 Å². The van der Waals surface area contributed by atoms with Gasteiger partial charge in [-0.1, -0.05) is 6.07 Å². The van der Waals surface area contributed by atoms with Crippen LogP contribution in [0.4, 0.5) is 13.2 Å². The molecule has 136 valence electrons. The van der Waals surface area contributed by atoms with Gasteiger partial charge < -0.3 is 10.2 Å². The van der Waals surface area contributed by atoms with E-state index >= 15 is 0 Å². The minimum atomic E-state index is -1.79. The molecule has 2 heterocycles. The van der Waals surface area contributed by atoms with E-state index in [9.17, 15) is 27.9 Å². The minimum absolute atomic E-state index is 0.00962. The fourth-order valence-corrected chi connectivity index (χ4v) is 2.58. The van der Waals surface area contributed by atoms with E-state index in [1.54, 1.807) is 0 Å². The van der Waals surface area contributed by atoms with Crippen LogP contribution in [0.15, 0.2) is 42.7 Å². The van der Waals surface area contributed by atoms with Gasteiger partial charge in [-0.25, -0.2) is 32.7 Å². The maximum atomic E-state index is 14.6. The Morgan fingerprint density at radius 2 is 1.59 bits per heavy atom. The van der Waals surface area contributed by atoms with Crippen LogP contribution in [0, 0.1) is 17.5 Å². The highest BCUT2D eigenvalue weighted by Crippen LogP contribution is 2.37. The normalized spacial score (nSPS) is 10.6. The molecule has 1 aromatic carbocycles. The average molecular weight is 374 g/mol. The van der Waals surface area contributed by atoms with Gasteiger partial charge in [-0.05, 0) is 35.4 Å². The quantitative estimate of drug-likeness (QED) is 0.677. The number of hydrogen-bond donors (Lipinski definition) is 2. The SMILES string of the molecule is O=C(O)c1cc(-c2cc(F)c(F)c(F)c2-c2cccnc2C(=O)O)ccn1. The second-order valence-corrected chi connectivity index (χ2v) is 5.35. The number of hydrogen-bond acceptors (Lipinski definition) is 4. The van der Waals surface area contributed by atoms with Gasteiger partial charge in [0.2, 0.25) is 0 Å². The number of aromatic nitrogens is 2. The Balaban J connectivity index is 2.39. The van der Waals surface area contributed by atoms with Crippen molar-refractivity contribution < 1.29 is 33.0 Å². The van der Waals surface area contributed by atoms with Crippen molar-refractivity contribution >= 4 is 11.9 Å². The standard InChI is InChI=1S/C18H9F3N2O4/c19-11-7-10(8-3-5-22-12(6-8)17(24)25)13(15(21)14(11)20)9-2-1-4-23-16(9)18(26)27/h1-7H,(H,24,25)(H,26,27). The van der Waals surface area contributed by atoms with Gasteiger partial charge in [0.1, 0.15) is 5.69 Å². The highest BCUT2D eigenvalue weighted by atomic mass is 19.2. The molecule has 0 saturated heterocycles. The van der Waals surface area contributed by atoms with Crippen molar-refractivity contribution in [2.45, 2.75) is 0 Å². The van der Waals surface area contributed by atoms with Gasteiger partial charge in [-0.2, -0.15) is 0 Å². The summed E-state index contributed by atoms with van der Waals surface area (Å²) in [5.74, 6) is -7.80. The van der Waals surface area contributed by atoms with Crippen LogP contribution in [0.25, 0.3) is 22.3 Å². The van der Waals surface area contributed by atoms with E-state index in [2.05, 4.69) is 9.97 Å². The van der Waals surface area contributed by atoms with E-state index in [4.69, 9.17) is 5.11 Å². The fraction of sp³-hybridized carbons (Fsp3) is 0. The van der Waals surface area contributed by atoms with Crippen molar-refractivity contribution in [2.75, 3.05) is 0 Å². The van der Waals surface area contributed by atoms with Crippen LogP contribution >= 0.6 is 0 Å². The number of carbonyl (C=O) groups is 2. The summed E-state index contributed by atoms with van der Waals surface area (Å²) in [4.78, 5) is 29.8.